The molecule has 5 heteroatoms. The summed E-state index contributed by atoms with van der Waals surface area (Å²) < 4.78 is 13.1. The number of halogens is 1. The molecule has 0 aromatic heterocycles. The highest BCUT2D eigenvalue weighted by Crippen LogP contribution is 2.31. The number of hydrogen-bond acceptors (Lipinski definition) is 3. The second-order valence-corrected chi connectivity index (χ2v) is 7.05. The van der Waals surface area contributed by atoms with Crippen molar-refractivity contribution < 1.29 is 9.18 Å². The molecule has 0 spiro atoms. The van der Waals surface area contributed by atoms with Crippen LogP contribution in [0, 0.1) is 11.7 Å². The number of nitrogens with zero attached hydrogens (tertiary/aromatic N) is 3. The lowest BCUT2D eigenvalue weighted by Gasteiger charge is -2.37. The number of rotatable bonds is 4. The zero-order valence-corrected chi connectivity index (χ0v) is 14.0. The Morgan fingerprint density at radius 2 is 2.00 bits per heavy atom. The molecule has 0 saturated carbocycles. The summed E-state index contributed by atoms with van der Waals surface area (Å²) in [5.41, 5.74) is 1.16. The third-order valence-corrected chi connectivity index (χ3v) is 5.13. The van der Waals surface area contributed by atoms with Gasteiger partial charge in [-0.2, -0.15) is 0 Å². The number of carbonyl (C=O) groups excluding carboxylic acids is 1. The van der Waals surface area contributed by atoms with Gasteiger partial charge in [0.1, 0.15) is 5.82 Å². The van der Waals surface area contributed by atoms with Gasteiger partial charge in [-0.05, 0) is 43.0 Å². The summed E-state index contributed by atoms with van der Waals surface area (Å²) in [5.74, 6) is 0.646. The molecule has 2 aliphatic rings. The fraction of sp³-hybridized carbons (Fsp3) is 0.611. The monoisotopic (exact) mass is 319 g/mol. The van der Waals surface area contributed by atoms with Gasteiger partial charge in [-0.25, -0.2) is 4.39 Å². The maximum absolute atomic E-state index is 13.1. The Kier molecular flexibility index (Phi) is 4.97. The van der Waals surface area contributed by atoms with Crippen LogP contribution in [0.4, 0.5) is 4.39 Å². The molecule has 1 amide bonds. The van der Waals surface area contributed by atoms with Gasteiger partial charge in [0.2, 0.25) is 5.91 Å². The van der Waals surface area contributed by atoms with Crippen LogP contribution in [0.1, 0.15) is 18.4 Å². The Balaban J connectivity index is 1.62. The molecule has 0 bridgehead atoms. The maximum Gasteiger partial charge on any atom is 0.236 e. The molecular formula is C18H26FN3O. The fourth-order valence-electron chi connectivity index (χ4n) is 3.84. The minimum Gasteiger partial charge on any atom is -0.348 e. The highest BCUT2D eigenvalue weighted by molar-refractivity contribution is 5.77. The van der Waals surface area contributed by atoms with Crippen LogP contribution in [0.2, 0.25) is 0 Å². The van der Waals surface area contributed by atoms with E-state index < -0.39 is 0 Å². The van der Waals surface area contributed by atoms with Crippen molar-refractivity contribution >= 4 is 5.91 Å². The normalized spacial score (nSPS) is 25.3. The molecule has 126 valence electrons. The van der Waals surface area contributed by atoms with E-state index in [-0.39, 0.29) is 11.7 Å². The van der Waals surface area contributed by atoms with Crippen LogP contribution in [-0.2, 0) is 11.3 Å². The zero-order chi connectivity index (χ0) is 16.4. The molecule has 2 atom stereocenters. The number of hydrogen-bond donors (Lipinski definition) is 0. The van der Waals surface area contributed by atoms with Crippen molar-refractivity contribution in [1.82, 2.24) is 14.7 Å². The van der Waals surface area contributed by atoms with Crippen molar-refractivity contribution in [2.24, 2.45) is 5.92 Å². The SMILES string of the molecule is CN(C)C(=O)CN1C[C@@H]2CCCN(Cc3ccc(F)cc3)[C@@H]2C1. The van der Waals surface area contributed by atoms with Crippen molar-refractivity contribution in [3.63, 3.8) is 0 Å². The van der Waals surface area contributed by atoms with Gasteiger partial charge in [-0.3, -0.25) is 14.6 Å². The summed E-state index contributed by atoms with van der Waals surface area (Å²) >= 11 is 0. The van der Waals surface area contributed by atoms with Gasteiger partial charge in [0.05, 0.1) is 6.54 Å². The third-order valence-electron chi connectivity index (χ3n) is 5.13. The number of benzene rings is 1. The topological polar surface area (TPSA) is 26.8 Å². The molecular weight excluding hydrogens is 293 g/mol. The molecule has 0 N–H and O–H groups in total. The van der Waals surface area contributed by atoms with Crippen molar-refractivity contribution in [3.8, 4) is 0 Å². The van der Waals surface area contributed by atoms with E-state index >= 15 is 0 Å². The first-order valence-corrected chi connectivity index (χ1v) is 8.44. The lowest BCUT2D eigenvalue weighted by molar-refractivity contribution is -0.129. The number of likely N-dealkylation sites (N-methyl/N-ethyl adjacent to an activating group) is 1. The number of carbonyl (C=O) groups is 1. The number of fused-ring (bicyclic) bond motifs is 1. The first kappa shape index (κ1) is 16.4. The van der Waals surface area contributed by atoms with E-state index in [0.29, 0.717) is 18.5 Å². The second kappa shape index (κ2) is 6.97. The molecule has 23 heavy (non-hydrogen) atoms. The van der Waals surface area contributed by atoms with Gasteiger partial charge in [0.15, 0.2) is 0 Å². The Labute approximate surface area is 137 Å². The van der Waals surface area contributed by atoms with Crippen LogP contribution >= 0.6 is 0 Å². The van der Waals surface area contributed by atoms with E-state index in [2.05, 4.69) is 9.80 Å². The van der Waals surface area contributed by atoms with Gasteiger partial charge in [0, 0.05) is 39.8 Å². The second-order valence-electron chi connectivity index (χ2n) is 7.05. The van der Waals surface area contributed by atoms with E-state index in [4.69, 9.17) is 0 Å². The Bertz CT molecular complexity index is 546. The van der Waals surface area contributed by atoms with Crippen molar-refractivity contribution in [2.75, 3.05) is 40.3 Å². The quantitative estimate of drug-likeness (QED) is 0.847. The van der Waals surface area contributed by atoms with Gasteiger partial charge >= 0.3 is 0 Å². The first-order chi connectivity index (χ1) is 11.0. The molecule has 2 saturated heterocycles. The minimum atomic E-state index is -0.181. The number of piperidine rings is 1. The highest BCUT2D eigenvalue weighted by atomic mass is 19.1. The van der Waals surface area contributed by atoms with Crippen molar-refractivity contribution in [2.45, 2.75) is 25.4 Å². The van der Waals surface area contributed by atoms with Crippen LogP contribution < -0.4 is 0 Å². The largest absolute Gasteiger partial charge is 0.348 e. The van der Waals surface area contributed by atoms with Crippen LogP contribution in [-0.4, -0.2) is 66.9 Å². The fourth-order valence-corrected chi connectivity index (χ4v) is 3.84. The summed E-state index contributed by atoms with van der Waals surface area (Å²) in [6, 6.07) is 7.34. The predicted octanol–water partition coefficient (Wildman–Crippen LogP) is 1.81. The lowest BCUT2D eigenvalue weighted by atomic mass is 9.91. The zero-order valence-electron chi connectivity index (χ0n) is 14.0. The van der Waals surface area contributed by atoms with Crippen LogP contribution in [0.15, 0.2) is 24.3 Å². The Morgan fingerprint density at radius 3 is 2.70 bits per heavy atom. The summed E-state index contributed by atoms with van der Waals surface area (Å²) in [5, 5.41) is 0. The first-order valence-electron chi connectivity index (χ1n) is 8.44. The molecule has 0 radical (unpaired) electrons. The highest BCUT2D eigenvalue weighted by Gasteiger charge is 2.39. The maximum atomic E-state index is 13.1. The minimum absolute atomic E-state index is 0.175. The molecule has 2 heterocycles. The van der Waals surface area contributed by atoms with E-state index in [1.165, 1.54) is 25.0 Å². The van der Waals surface area contributed by atoms with Crippen LogP contribution in [0.3, 0.4) is 0 Å². The molecule has 0 unspecified atom stereocenters. The summed E-state index contributed by atoms with van der Waals surface area (Å²) in [7, 11) is 3.62. The van der Waals surface area contributed by atoms with Crippen molar-refractivity contribution in [1.29, 1.82) is 0 Å². The standard InChI is InChI=1S/C18H26FN3O/c1-20(2)18(23)13-21-11-15-4-3-9-22(17(15)12-21)10-14-5-7-16(19)8-6-14/h5-8,15,17H,3-4,9-13H2,1-2H3/t15-,17+/m0/s1. The average molecular weight is 319 g/mol. The van der Waals surface area contributed by atoms with Gasteiger partial charge < -0.3 is 4.90 Å². The molecule has 1 aromatic carbocycles. The molecule has 3 rings (SSSR count). The lowest BCUT2D eigenvalue weighted by Crippen LogP contribution is -2.44. The van der Waals surface area contributed by atoms with Crippen LogP contribution in [0.25, 0.3) is 0 Å². The van der Waals surface area contributed by atoms with E-state index in [1.54, 1.807) is 4.90 Å². The van der Waals surface area contributed by atoms with E-state index in [0.717, 1.165) is 31.7 Å². The summed E-state index contributed by atoms with van der Waals surface area (Å²) in [6.45, 7) is 4.46. The molecule has 2 fully saturated rings. The van der Waals surface area contributed by atoms with E-state index in [1.807, 2.05) is 26.2 Å². The molecule has 1 aromatic rings. The Morgan fingerprint density at radius 1 is 1.26 bits per heavy atom. The molecule has 0 aliphatic carbocycles. The number of amides is 1. The van der Waals surface area contributed by atoms with Gasteiger partial charge in [0.25, 0.3) is 0 Å². The summed E-state index contributed by atoms with van der Waals surface area (Å²) in [6.07, 6.45) is 2.45. The predicted molar refractivity (Wildman–Crippen MR) is 88.5 cm³/mol. The van der Waals surface area contributed by atoms with Gasteiger partial charge in [-0.1, -0.05) is 12.1 Å². The van der Waals surface area contributed by atoms with Crippen LogP contribution in [0.5, 0.6) is 0 Å². The summed E-state index contributed by atoms with van der Waals surface area (Å²) in [4.78, 5) is 18.4. The average Bonchev–Trinajstić information content (AvgIpc) is 2.93. The molecule has 4 nitrogen and oxygen atoms in total. The smallest absolute Gasteiger partial charge is 0.236 e. The van der Waals surface area contributed by atoms with Crippen molar-refractivity contribution in [3.05, 3.63) is 35.6 Å². The van der Waals surface area contributed by atoms with Gasteiger partial charge in [-0.15, -0.1) is 0 Å². The third kappa shape index (κ3) is 3.90. The molecule has 2 aliphatic heterocycles. The Hall–Kier alpha value is -1.46. The van der Waals surface area contributed by atoms with E-state index in [9.17, 15) is 9.18 Å². The number of likely N-dealkylation sites (tertiary alicyclic amines) is 2.